The summed E-state index contributed by atoms with van der Waals surface area (Å²) in [6.07, 6.45) is 0. The average Bonchev–Trinajstić information content (AvgIpc) is 3.91. The van der Waals surface area contributed by atoms with E-state index in [1.54, 1.807) is 0 Å². The number of anilines is 3. The highest BCUT2D eigenvalue weighted by Gasteiger charge is 2.47. The lowest BCUT2D eigenvalue weighted by atomic mass is 9.66. The molecule has 1 nitrogen and oxygen atoms in total. The van der Waals surface area contributed by atoms with Gasteiger partial charge in [0.25, 0.3) is 0 Å². The summed E-state index contributed by atoms with van der Waals surface area (Å²) in [5.74, 6) is 0. The van der Waals surface area contributed by atoms with Crippen molar-refractivity contribution in [3.63, 3.8) is 0 Å². The molecule has 2 aliphatic rings. The molecule has 0 unspecified atom stereocenters. The second kappa shape index (κ2) is 13.3. The van der Waals surface area contributed by atoms with Crippen LogP contribution in [0.3, 0.4) is 0 Å². The Morgan fingerprint density at radius 3 is 1.67 bits per heavy atom. The van der Waals surface area contributed by atoms with Crippen molar-refractivity contribution in [3.05, 3.63) is 246 Å². The van der Waals surface area contributed by atoms with Crippen LogP contribution in [-0.4, -0.2) is 0 Å². The van der Waals surface area contributed by atoms with Crippen LogP contribution in [0.5, 0.6) is 0 Å². The Kier molecular flexibility index (Phi) is 7.73. The normalized spacial score (nSPS) is 14.1. The molecular weight excluding hydrogens is 743 g/mol. The van der Waals surface area contributed by atoms with Gasteiger partial charge in [-0.3, -0.25) is 0 Å². The molecular formula is C58H41NS. The maximum absolute atomic E-state index is 2.54. The molecule has 0 saturated carbocycles. The lowest BCUT2D eigenvalue weighted by molar-refractivity contribution is 0.655. The maximum atomic E-state index is 2.54. The van der Waals surface area contributed by atoms with E-state index < -0.39 is 5.41 Å². The van der Waals surface area contributed by atoms with E-state index in [2.05, 4.69) is 231 Å². The molecule has 0 bridgehead atoms. The summed E-state index contributed by atoms with van der Waals surface area (Å²) in [5, 5.41) is 2.60. The van der Waals surface area contributed by atoms with Crippen LogP contribution in [0.1, 0.15) is 47.2 Å². The molecule has 2 heteroatoms. The third-order valence-corrected chi connectivity index (χ3v) is 14.6. The molecule has 10 aromatic rings. The molecule has 284 valence electrons. The van der Waals surface area contributed by atoms with Crippen molar-refractivity contribution in [2.45, 2.75) is 24.7 Å². The van der Waals surface area contributed by atoms with Gasteiger partial charge in [0.05, 0.1) is 15.8 Å². The fraction of sp³-hybridized carbons (Fsp3) is 0.0690. The lowest BCUT2D eigenvalue weighted by Gasteiger charge is -2.35. The predicted molar refractivity (Wildman–Crippen MR) is 254 cm³/mol. The number of thiophene rings is 1. The molecule has 60 heavy (non-hydrogen) atoms. The van der Waals surface area contributed by atoms with Crippen molar-refractivity contribution in [2.75, 3.05) is 4.90 Å². The highest BCUT2D eigenvalue weighted by molar-refractivity contribution is 7.26. The summed E-state index contributed by atoms with van der Waals surface area (Å²) in [4.78, 5) is 2.48. The fourth-order valence-corrected chi connectivity index (χ4v) is 11.8. The highest BCUT2D eigenvalue weighted by atomic mass is 32.1. The molecule has 0 amide bonds. The van der Waals surface area contributed by atoms with Crippen LogP contribution < -0.4 is 4.90 Å². The van der Waals surface area contributed by atoms with Crippen LogP contribution in [0, 0.1) is 0 Å². The summed E-state index contributed by atoms with van der Waals surface area (Å²) >= 11 is 1.88. The Balaban J connectivity index is 1.03. The van der Waals surface area contributed by atoms with Gasteiger partial charge < -0.3 is 4.90 Å². The van der Waals surface area contributed by atoms with Crippen LogP contribution >= 0.6 is 11.3 Å². The van der Waals surface area contributed by atoms with Gasteiger partial charge in [0, 0.05) is 32.3 Å². The van der Waals surface area contributed by atoms with Gasteiger partial charge in [0.1, 0.15) is 0 Å². The van der Waals surface area contributed by atoms with Crippen molar-refractivity contribution in [1.29, 1.82) is 0 Å². The first-order valence-electron chi connectivity index (χ1n) is 20.9. The number of benzene rings is 9. The van der Waals surface area contributed by atoms with E-state index in [0.29, 0.717) is 0 Å². The molecule has 0 N–H and O–H groups in total. The van der Waals surface area contributed by atoms with Gasteiger partial charge in [-0.1, -0.05) is 190 Å². The Hall–Kier alpha value is -7.00. The Morgan fingerprint density at radius 1 is 0.383 bits per heavy atom. The number of nitrogens with zero attached hydrogens (tertiary/aromatic N) is 1. The van der Waals surface area contributed by atoms with Gasteiger partial charge in [-0.25, -0.2) is 0 Å². The zero-order valence-electron chi connectivity index (χ0n) is 33.6. The Labute approximate surface area is 355 Å². The van der Waals surface area contributed by atoms with Gasteiger partial charge in [-0.15, -0.1) is 11.3 Å². The third kappa shape index (κ3) is 4.98. The standard InChI is InChI=1S/C58H41NS/c1-57(2)52-36-41(58(40-18-7-4-8-19-40)50-24-12-9-20-44(50)45-21-10-13-25-51(45)58)30-34-46(52)47-35-33-43(37-53(47)57)59(42-31-28-39(29-32-42)38-16-5-3-6-17-38)54-26-15-23-49-48-22-11-14-27-55(48)60-56(49)54/h3-37H,1-2H3. The second-order valence-electron chi connectivity index (χ2n) is 16.8. The first kappa shape index (κ1) is 35.0. The largest absolute Gasteiger partial charge is 0.309 e. The number of rotatable bonds is 6. The van der Waals surface area contributed by atoms with Gasteiger partial charge in [-0.2, -0.15) is 0 Å². The monoisotopic (exact) mass is 783 g/mol. The van der Waals surface area contributed by atoms with Crippen molar-refractivity contribution in [1.82, 2.24) is 0 Å². The van der Waals surface area contributed by atoms with E-state index in [4.69, 9.17) is 0 Å². The Morgan fingerprint density at radius 2 is 0.933 bits per heavy atom. The third-order valence-electron chi connectivity index (χ3n) is 13.4. The summed E-state index contributed by atoms with van der Waals surface area (Å²) in [6, 6.07) is 79.1. The average molecular weight is 784 g/mol. The van der Waals surface area contributed by atoms with Crippen molar-refractivity contribution in [3.8, 4) is 33.4 Å². The molecule has 9 aromatic carbocycles. The number of hydrogen-bond donors (Lipinski definition) is 0. The quantitative estimate of drug-likeness (QED) is 0.162. The summed E-state index contributed by atoms with van der Waals surface area (Å²) < 4.78 is 2.60. The summed E-state index contributed by atoms with van der Waals surface area (Å²) in [6.45, 7) is 4.84. The molecule has 0 saturated heterocycles. The molecule has 12 rings (SSSR count). The minimum atomic E-state index is -0.439. The van der Waals surface area contributed by atoms with E-state index >= 15 is 0 Å². The number of fused-ring (bicyclic) bond motifs is 9. The zero-order valence-corrected chi connectivity index (χ0v) is 34.4. The molecule has 0 radical (unpaired) electrons. The van der Waals surface area contributed by atoms with E-state index in [-0.39, 0.29) is 5.41 Å². The van der Waals surface area contributed by atoms with Crippen molar-refractivity contribution in [2.24, 2.45) is 0 Å². The fourth-order valence-electron chi connectivity index (χ4n) is 10.6. The van der Waals surface area contributed by atoms with E-state index in [1.165, 1.54) is 92.6 Å². The van der Waals surface area contributed by atoms with Crippen LogP contribution in [0.25, 0.3) is 53.6 Å². The second-order valence-corrected chi connectivity index (χ2v) is 17.9. The van der Waals surface area contributed by atoms with Crippen LogP contribution in [0.4, 0.5) is 17.1 Å². The van der Waals surface area contributed by atoms with Gasteiger partial charge >= 0.3 is 0 Å². The van der Waals surface area contributed by atoms with Gasteiger partial charge in [0.15, 0.2) is 0 Å². The first-order chi connectivity index (χ1) is 29.5. The highest BCUT2D eigenvalue weighted by Crippen LogP contribution is 2.58. The van der Waals surface area contributed by atoms with Gasteiger partial charge in [-0.05, 0) is 103 Å². The molecule has 0 atom stereocenters. The molecule has 1 heterocycles. The number of hydrogen-bond acceptors (Lipinski definition) is 2. The predicted octanol–water partition coefficient (Wildman–Crippen LogP) is 15.9. The lowest BCUT2D eigenvalue weighted by Crippen LogP contribution is -2.29. The molecule has 0 fully saturated rings. The molecule has 2 aliphatic carbocycles. The van der Waals surface area contributed by atoms with Crippen molar-refractivity contribution >= 4 is 48.6 Å². The van der Waals surface area contributed by atoms with Crippen LogP contribution in [-0.2, 0) is 10.8 Å². The van der Waals surface area contributed by atoms with Crippen molar-refractivity contribution < 1.29 is 0 Å². The SMILES string of the molecule is CC1(C)c2cc(N(c3ccc(-c4ccccc4)cc3)c3cccc4c3sc3ccccc34)ccc2-c2ccc(C3(c4ccccc4)c4ccccc4-c4ccccc43)cc21. The Bertz CT molecular complexity index is 3240. The minimum absolute atomic E-state index is 0.251. The first-order valence-corrected chi connectivity index (χ1v) is 21.7. The summed E-state index contributed by atoms with van der Waals surface area (Å²) in [5.41, 5.74) is 18.5. The minimum Gasteiger partial charge on any atom is -0.309 e. The maximum Gasteiger partial charge on any atom is 0.0713 e. The van der Waals surface area contributed by atoms with E-state index in [0.717, 1.165) is 11.4 Å². The zero-order chi connectivity index (χ0) is 40.0. The smallest absolute Gasteiger partial charge is 0.0713 e. The van der Waals surface area contributed by atoms with Gasteiger partial charge in [0.2, 0.25) is 0 Å². The molecule has 0 spiro atoms. The topological polar surface area (TPSA) is 3.24 Å². The van der Waals surface area contributed by atoms with Crippen LogP contribution in [0.15, 0.2) is 212 Å². The molecule has 1 aromatic heterocycles. The van der Waals surface area contributed by atoms with E-state index in [1.807, 2.05) is 11.3 Å². The summed E-state index contributed by atoms with van der Waals surface area (Å²) in [7, 11) is 0. The van der Waals surface area contributed by atoms with E-state index in [9.17, 15) is 0 Å². The molecule has 0 aliphatic heterocycles. The van der Waals surface area contributed by atoms with Crippen LogP contribution in [0.2, 0.25) is 0 Å².